The van der Waals surface area contributed by atoms with Crippen molar-refractivity contribution in [3.63, 3.8) is 0 Å². The predicted octanol–water partition coefficient (Wildman–Crippen LogP) is 3.44. The van der Waals surface area contributed by atoms with Crippen LogP contribution in [0.4, 0.5) is 8.78 Å². The van der Waals surface area contributed by atoms with Gasteiger partial charge in [-0.3, -0.25) is 4.90 Å². The van der Waals surface area contributed by atoms with Crippen molar-refractivity contribution in [2.75, 3.05) is 13.1 Å². The average Bonchev–Trinajstić information content (AvgIpc) is 3.20. The van der Waals surface area contributed by atoms with E-state index < -0.39 is 11.6 Å². The molecule has 0 radical (unpaired) electrons. The van der Waals surface area contributed by atoms with E-state index in [1.54, 1.807) is 6.07 Å². The van der Waals surface area contributed by atoms with Gasteiger partial charge in [0.1, 0.15) is 11.6 Å². The Labute approximate surface area is 140 Å². The van der Waals surface area contributed by atoms with Gasteiger partial charge >= 0.3 is 0 Å². The molecule has 0 amide bonds. The van der Waals surface area contributed by atoms with E-state index in [1.165, 1.54) is 18.6 Å². The van der Waals surface area contributed by atoms with Crippen molar-refractivity contribution in [3.05, 3.63) is 47.0 Å². The Bertz CT molecular complexity index is 735. The highest BCUT2D eigenvalue weighted by Gasteiger charge is 2.29. The Morgan fingerprint density at radius 3 is 2.62 bits per heavy atom. The molecular weight excluding hydrogens is 310 g/mol. The molecule has 0 aliphatic carbocycles. The highest BCUT2D eigenvalue weighted by Crippen LogP contribution is 2.33. The van der Waals surface area contributed by atoms with Gasteiger partial charge in [0.2, 0.25) is 0 Å². The quantitative estimate of drug-likeness (QED) is 0.863. The number of rotatable bonds is 3. The summed E-state index contributed by atoms with van der Waals surface area (Å²) in [4.78, 5) is 2.34. The minimum atomic E-state index is -0.787. The minimum absolute atomic E-state index is 0.0881. The van der Waals surface area contributed by atoms with Crippen molar-refractivity contribution in [2.45, 2.75) is 51.1 Å². The molecule has 1 aromatic carbocycles. The van der Waals surface area contributed by atoms with Crippen LogP contribution >= 0.6 is 0 Å². The fourth-order valence-corrected chi connectivity index (χ4v) is 4.00. The van der Waals surface area contributed by atoms with Crippen LogP contribution in [-0.4, -0.2) is 32.8 Å². The lowest BCUT2D eigenvalue weighted by Crippen LogP contribution is -2.35. The zero-order chi connectivity index (χ0) is 16.7. The van der Waals surface area contributed by atoms with E-state index in [1.807, 2.05) is 0 Å². The topological polar surface area (TPSA) is 34.0 Å². The molecule has 3 heterocycles. The maximum Gasteiger partial charge on any atom is 0.159 e. The van der Waals surface area contributed by atoms with Crippen molar-refractivity contribution < 1.29 is 8.78 Å². The smallest absolute Gasteiger partial charge is 0.159 e. The molecule has 1 saturated heterocycles. The maximum atomic E-state index is 13.5. The van der Waals surface area contributed by atoms with Gasteiger partial charge in [-0.25, -0.2) is 8.78 Å². The first kappa shape index (κ1) is 15.7. The molecule has 4 nitrogen and oxygen atoms in total. The number of benzene rings is 1. The first-order valence-corrected chi connectivity index (χ1v) is 8.74. The lowest BCUT2D eigenvalue weighted by atomic mass is 9.93. The summed E-state index contributed by atoms with van der Waals surface area (Å²) in [6.45, 7) is 4.98. The standard InChI is InChI=1S/C18H22F2N4/c1-12(14-4-5-15(19)16(20)11-14)23-9-6-13(7-10-23)18-22-21-17-3-2-8-24(17)18/h4-5,11-13H,2-3,6-10H2,1H3. The molecule has 2 aliphatic rings. The lowest BCUT2D eigenvalue weighted by molar-refractivity contribution is 0.159. The molecule has 1 unspecified atom stereocenters. The maximum absolute atomic E-state index is 13.5. The van der Waals surface area contributed by atoms with E-state index in [0.717, 1.165) is 56.1 Å². The molecule has 2 aliphatic heterocycles. The van der Waals surface area contributed by atoms with E-state index in [4.69, 9.17) is 0 Å². The Morgan fingerprint density at radius 1 is 1.08 bits per heavy atom. The zero-order valence-corrected chi connectivity index (χ0v) is 13.9. The third-order valence-electron chi connectivity index (χ3n) is 5.51. The molecule has 0 spiro atoms. The van der Waals surface area contributed by atoms with Gasteiger partial charge in [-0.1, -0.05) is 6.07 Å². The highest BCUT2D eigenvalue weighted by molar-refractivity contribution is 5.21. The summed E-state index contributed by atoms with van der Waals surface area (Å²) < 4.78 is 28.9. The van der Waals surface area contributed by atoms with Gasteiger partial charge in [0, 0.05) is 24.9 Å². The summed E-state index contributed by atoms with van der Waals surface area (Å²) in [5.41, 5.74) is 0.829. The number of hydrogen-bond donors (Lipinski definition) is 0. The molecular formula is C18H22F2N4. The van der Waals surface area contributed by atoms with Crippen LogP contribution in [0.2, 0.25) is 0 Å². The number of aryl methyl sites for hydroxylation is 1. The van der Waals surface area contributed by atoms with Crippen molar-refractivity contribution in [1.29, 1.82) is 0 Å². The number of aromatic nitrogens is 3. The van der Waals surface area contributed by atoms with Gasteiger partial charge in [0.25, 0.3) is 0 Å². The van der Waals surface area contributed by atoms with Crippen molar-refractivity contribution >= 4 is 0 Å². The SMILES string of the molecule is CC(c1ccc(F)c(F)c1)N1CCC(c2nnc3n2CCC3)CC1. The van der Waals surface area contributed by atoms with Crippen LogP contribution in [0.1, 0.15) is 55.4 Å². The lowest BCUT2D eigenvalue weighted by Gasteiger charge is -2.36. The van der Waals surface area contributed by atoms with Crippen LogP contribution < -0.4 is 0 Å². The van der Waals surface area contributed by atoms with E-state index >= 15 is 0 Å². The van der Waals surface area contributed by atoms with E-state index in [0.29, 0.717) is 5.92 Å². The number of fused-ring (bicyclic) bond motifs is 1. The number of hydrogen-bond acceptors (Lipinski definition) is 3. The predicted molar refractivity (Wildman–Crippen MR) is 86.7 cm³/mol. The third kappa shape index (κ3) is 2.73. The first-order chi connectivity index (χ1) is 11.6. The Hall–Kier alpha value is -1.82. The molecule has 2 aromatic rings. The van der Waals surface area contributed by atoms with Gasteiger partial charge in [-0.15, -0.1) is 10.2 Å². The summed E-state index contributed by atoms with van der Waals surface area (Å²) in [5, 5.41) is 8.73. The summed E-state index contributed by atoms with van der Waals surface area (Å²) in [6, 6.07) is 4.30. The largest absolute Gasteiger partial charge is 0.315 e. The fraction of sp³-hybridized carbons (Fsp3) is 0.556. The van der Waals surface area contributed by atoms with Crippen LogP contribution in [0, 0.1) is 11.6 Å². The second-order valence-electron chi connectivity index (χ2n) is 6.89. The van der Waals surface area contributed by atoms with Crippen molar-refractivity contribution in [1.82, 2.24) is 19.7 Å². The normalized spacial score (nSPS) is 20.3. The first-order valence-electron chi connectivity index (χ1n) is 8.74. The number of piperidine rings is 1. The molecule has 1 fully saturated rings. The summed E-state index contributed by atoms with van der Waals surface area (Å²) >= 11 is 0. The molecule has 128 valence electrons. The number of nitrogens with zero attached hydrogens (tertiary/aromatic N) is 4. The van der Waals surface area contributed by atoms with Crippen LogP contribution in [0.15, 0.2) is 18.2 Å². The molecule has 0 bridgehead atoms. The van der Waals surface area contributed by atoms with E-state index in [9.17, 15) is 8.78 Å². The molecule has 1 atom stereocenters. The van der Waals surface area contributed by atoms with Gasteiger partial charge in [0.15, 0.2) is 11.6 Å². The second kappa shape index (κ2) is 6.24. The molecule has 24 heavy (non-hydrogen) atoms. The molecule has 0 saturated carbocycles. The Balaban J connectivity index is 1.43. The second-order valence-corrected chi connectivity index (χ2v) is 6.89. The molecule has 0 N–H and O–H groups in total. The van der Waals surface area contributed by atoms with Crippen molar-refractivity contribution in [3.8, 4) is 0 Å². The fourth-order valence-electron chi connectivity index (χ4n) is 4.00. The Morgan fingerprint density at radius 2 is 1.88 bits per heavy atom. The van der Waals surface area contributed by atoms with Gasteiger partial charge in [-0.05, 0) is 57.0 Å². The summed E-state index contributed by atoms with van der Waals surface area (Å²) in [7, 11) is 0. The number of halogens is 2. The summed E-state index contributed by atoms with van der Waals surface area (Å²) in [5.74, 6) is 1.17. The third-order valence-corrected chi connectivity index (χ3v) is 5.51. The molecule has 1 aromatic heterocycles. The van der Waals surface area contributed by atoms with Gasteiger partial charge < -0.3 is 4.57 Å². The van der Waals surface area contributed by atoms with Gasteiger partial charge in [0.05, 0.1) is 0 Å². The van der Waals surface area contributed by atoms with Crippen LogP contribution in [0.5, 0.6) is 0 Å². The Kier molecular flexibility index (Phi) is 4.08. The van der Waals surface area contributed by atoms with E-state index in [-0.39, 0.29) is 6.04 Å². The summed E-state index contributed by atoms with van der Waals surface area (Å²) in [6.07, 6.45) is 4.28. The average molecular weight is 332 g/mol. The van der Waals surface area contributed by atoms with Gasteiger partial charge in [-0.2, -0.15) is 0 Å². The van der Waals surface area contributed by atoms with E-state index in [2.05, 4.69) is 26.6 Å². The number of likely N-dealkylation sites (tertiary alicyclic amines) is 1. The molecule has 6 heteroatoms. The van der Waals surface area contributed by atoms with Crippen molar-refractivity contribution in [2.24, 2.45) is 0 Å². The monoisotopic (exact) mass is 332 g/mol. The highest BCUT2D eigenvalue weighted by atomic mass is 19.2. The van der Waals surface area contributed by atoms with Crippen LogP contribution in [-0.2, 0) is 13.0 Å². The van der Waals surface area contributed by atoms with Crippen LogP contribution in [0.25, 0.3) is 0 Å². The zero-order valence-electron chi connectivity index (χ0n) is 13.9. The minimum Gasteiger partial charge on any atom is -0.315 e. The molecule has 4 rings (SSSR count). The van der Waals surface area contributed by atoms with Crippen LogP contribution in [0.3, 0.4) is 0 Å².